The van der Waals surface area contributed by atoms with E-state index in [-0.39, 0.29) is 6.10 Å². The van der Waals surface area contributed by atoms with Crippen molar-refractivity contribution in [3.05, 3.63) is 29.6 Å². The van der Waals surface area contributed by atoms with E-state index in [0.29, 0.717) is 11.8 Å². The summed E-state index contributed by atoms with van der Waals surface area (Å²) in [5.74, 6) is 0.896. The van der Waals surface area contributed by atoms with Gasteiger partial charge in [0.05, 0.1) is 11.8 Å². The van der Waals surface area contributed by atoms with E-state index in [1.54, 1.807) is 0 Å². The molecule has 3 nitrogen and oxygen atoms in total. The Morgan fingerprint density at radius 3 is 2.89 bits per heavy atom. The minimum atomic E-state index is -0.188. The third kappa shape index (κ3) is 3.30. The summed E-state index contributed by atoms with van der Waals surface area (Å²) < 4.78 is 0. The van der Waals surface area contributed by atoms with Gasteiger partial charge in [0.15, 0.2) is 0 Å². The number of piperidine rings is 1. The van der Waals surface area contributed by atoms with E-state index >= 15 is 0 Å². The van der Waals surface area contributed by atoms with Gasteiger partial charge in [0.25, 0.3) is 0 Å². The van der Waals surface area contributed by atoms with Crippen molar-refractivity contribution in [3.8, 4) is 0 Å². The van der Waals surface area contributed by atoms with E-state index in [4.69, 9.17) is 0 Å². The average Bonchev–Trinajstić information content (AvgIpc) is 2.34. The van der Waals surface area contributed by atoms with Gasteiger partial charge in [-0.2, -0.15) is 0 Å². The number of aliphatic hydroxyl groups excluding tert-OH is 1. The van der Waals surface area contributed by atoms with Crippen LogP contribution in [0.15, 0.2) is 18.2 Å². The lowest BCUT2D eigenvalue weighted by molar-refractivity contribution is 0.0254. The molecule has 100 valence electrons. The van der Waals surface area contributed by atoms with Crippen LogP contribution in [-0.4, -0.2) is 34.2 Å². The number of likely N-dealkylation sites (tertiary alicyclic amines) is 1. The number of aromatic nitrogens is 1. The first-order valence-corrected chi connectivity index (χ1v) is 6.92. The normalized spacial score (nSPS) is 25.6. The second-order valence-corrected chi connectivity index (χ2v) is 5.78. The van der Waals surface area contributed by atoms with Crippen LogP contribution < -0.4 is 0 Å². The van der Waals surface area contributed by atoms with Crippen LogP contribution in [0.5, 0.6) is 0 Å². The number of hydrogen-bond acceptors (Lipinski definition) is 3. The summed E-state index contributed by atoms with van der Waals surface area (Å²) in [5.41, 5.74) is 2.27. The molecule has 0 saturated carbocycles. The second-order valence-electron chi connectivity index (χ2n) is 5.78. The Morgan fingerprint density at radius 2 is 2.22 bits per heavy atom. The summed E-state index contributed by atoms with van der Waals surface area (Å²) in [6, 6.07) is 6.25. The number of nitrogens with zero attached hydrogens (tertiary/aromatic N) is 2. The highest BCUT2D eigenvalue weighted by atomic mass is 16.3. The second kappa shape index (κ2) is 5.81. The smallest absolute Gasteiger partial charge is 0.0693 e. The highest BCUT2D eigenvalue weighted by molar-refractivity contribution is 5.13. The first-order chi connectivity index (χ1) is 8.56. The number of pyridine rings is 1. The van der Waals surface area contributed by atoms with Crippen molar-refractivity contribution in [2.45, 2.75) is 45.8 Å². The van der Waals surface area contributed by atoms with Crippen molar-refractivity contribution in [3.63, 3.8) is 0 Å². The van der Waals surface area contributed by atoms with Gasteiger partial charge in [0.1, 0.15) is 0 Å². The average molecular weight is 248 g/mol. The van der Waals surface area contributed by atoms with Crippen molar-refractivity contribution >= 4 is 0 Å². The standard InChI is InChI=1S/C15H24N2O/c1-11(2)14-6-4-5-13(16-14)9-17-8-7-12(3)15(18)10-17/h4-6,11-12,15,18H,7-10H2,1-3H3. The van der Waals surface area contributed by atoms with Crippen molar-refractivity contribution in [1.29, 1.82) is 0 Å². The summed E-state index contributed by atoms with van der Waals surface area (Å²) in [4.78, 5) is 6.99. The fraction of sp³-hybridized carbons (Fsp3) is 0.667. The molecular formula is C15H24N2O. The Labute approximate surface area is 110 Å². The maximum absolute atomic E-state index is 9.91. The predicted octanol–water partition coefficient (Wildman–Crippen LogP) is 2.41. The molecule has 18 heavy (non-hydrogen) atoms. The molecule has 0 aliphatic carbocycles. The highest BCUT2D eigenvalue weighted by Gasteiger charge is 2.24. The van der Waals surface area contributed by atoms with Crippen LogP contribution in [0.4, 0.5) is 0 Å². The Morgan fingerprint density at radius 1 is 1.44 bits per heavy atom. The maximum Gasteiger partial charge on any atom is 0.0693 e. The van der Waals surface area contributed by atoms with E-state index in [9.17, 15) is 5.11 Å². The third-order valence-electron chi connectivity index (χ3n) is 3.81. The minimum Gasteiger partial charge on any atom is -0.392 e. The van der Waals surface area contributed by atoms with Gasteiger partial charge in [-0.25, -0.2) is 0 Å². The van der Waals surface area contributed by atoms with Crippen molar-refractivity contribution in [2.24, 2.45) is 5.92 Å². The molecule has 2 heterocycles. The Bertz CT molecular complexity index is 392. The van der Waals surface area contributed by atoms with Crippen LogP contribution in [0.1, 0.15) is 44.5 Å². The van der Waals surface area contributed by atoms with Gasteiger partial charge < -0.3 is 5.11 Å². The van der Waals surface area contributed by atoms with Crippen molar-refractivity contribution in [2.75, 3.05) is 13.1 Å². The fourth-order valence-corrected chi connectivity index (χ4v) is 2.39. The highest BCUT2D eigenvalue weighted by Crippen LogP contribution is 2.19. The lowest BCUT2D eigenvalue weighted by atomic mass is 9.96. The van der Waals surface area contributed by atoms with Gasteiger partial charge >= 0.3 is 0 Å². The zero-order chi connectivity index (χ0) is 13.1. The van der Waals surface area contributed by atoms with Crippen molar-refractivity contribution in [1.82, 2.24) is 9.88 Å². The molecule has 0 spiro atoms. The summed E-state index contributed by atoms with van der Waals surface area (Å²) in [5, 5.41) is 9.91. The predicted molar refractivity (Wildman–Crippen MR) is 73.4 cm³/mol. The molecule has 2 atom stereocenters. The summed E-state index contributed by atoms with van der Waals surface area (Å²) in [6.07, 6.45) is 0.887. The van der Waals surface area contributed by atoms with Gasteiger partial charge in [-0.05, 0) is 36.9 Å². The topological polar surface area (TPSA) is 36.4 Å². The Hall–Kier alpha value is -0.930. The molecule has 2 unspecified atom stereocenters. The molecule has 0 aromatic carbocycles. The Kier molecular flexibility index (Phi) is 4.36. The molecule has 2 rings (SSSR count). The molecule has 1 aromatic rings. The number of hydrogen-bond donors (Lipinski definition) is 1. The zero-order valence-corrected chi connectivity index (χ0v) is 11.6. The van der Waals surface area contributed by atoms with Crippen LogP contribution >= 0.6 is 0 Å². The van der Waals surface area contributed by atoms with Crippen LogP contribution in [0, 0.1) is 5.92 Å². The molecule has 1 aromatic heterocycles. The zero-order valence-electron chi connectivity index (χ0n) is 11.6. The summed E-state index contributed by atoms with van der Waals surface area (Å²) in [7, 11) is 0. The van der Waals surface area contributed by atoms with Crippen LogP contribution in [0.2, 0.25) is 0 Å². The molecule has 1 N–H and O–H groups in total. The van der Waals surface area contributed by atoms with Gasteiger partial charge in [-0.3, -0.25) is 9.88 Å². The molecule has 0 bridgehead atoms. The Balaban J connectivity index is 1.99. The summed E-state index contributed by atoms with van der Waals surface area (Å²) in [6.45, 7) is 9.14. The molecular weight excluding hydrogens is 224 g/mol. The van der Waals surface area contributed by atoms with Crippen LogP contribution in [-0.2, 0) is 6.54 Å². The molecule has 3 heteroatoms. The van der Waals surface area contributed by atoms with E-state index in [0.717, 1.165) is 37.4 Å². The van der Waals surface area contributed by atoms with Gasteiger partial charge in [-0.15, -0.1) is 0 Å². The third-order valence-corrected chi connectivity index (χ3v) is 3.81. The number of aliphatic hydroxyl groups is 1. The van der Waals surface area contributed by atoms with Gasteiger partial charge in [0, 0.05) is 18.8 Å². The lowest BCUT2D eigenvalue weighted by Crippen LogP contribution is -2.42. The SMILES string of the molecule is CC(C)c1cccc(CN2CCC(C)C(O)C2)n1. The fourth-order valence-electron chi connectivity index (χ4n) is 2.39. The first kappa shape index (κ1) is 13.5. The van der Waals surface area contributed by atoms with Gasteiger partial charge in [-0.1, -0.05) is 26.8 Å². The molecule has 0 radical (unpaired) electrons. The quantitative estimate of drug-likeness (QED) is 0.892. The monoisotopic (exact) mass is 248 g/mol. The first-order valence-electron chi connectivity index (χ1n) is 6.92. The molecule has 1 fully saturated rings. The van der Waals surface area contributed by atoms with E-state index in [1.165, 1.54) is 0 Å². The maximum atomic E-state index is 9.91. The van der Waals surface area contributed by atoms with Crippen LogP contribution in [0.3, 0.4) is 0 Å². The molecule has 1 aliphatic heterocycles. The number of rotatable bonds is 3. The molecule has 0 amide bonds. The van der Waals surface area contributed by atoms with E-state index in [2.05, 4.69) is 48.9 Å². The van der Waals surface area contributed by atoms with Crippen LogP contribution in [0.25, 0.3) is 0 Å². The number of β-amino-alcohol motifs (C(OH)–C–C–N with tert-alkyl or cyclic N) is 1. The summed E-state index contributed by atoms with van der Waals surface area (Å²) >= 11 is 0. The lowest BCUT2D eigenvalue weighted by Gasteiger charge is -2.34. The van der Waals surface area contributed by atoms with Crippen molar-refractivity contribution < 1.29 is 5.11 Å². The molecule has 1 aliphatic rings. The van der Waals surface area contributed by atoms with E-state index in [1.807, 2.05) is 0 Å². The largest absolute Gasteiger partial charge is 0.392 e. The molecule has 1 saturated heterocycles. The minimum absolute atomic E-state index is 0.188. The van der Waals surface area contributed by atoms with E-state index < -0.39 is 0 Å². The van der Waals surface area contributed by atoms with Gasteiger partial charge in [0.2, 0.25) is 0 Å².